The van der Waals surface area contributed by atoms with Crippen LogP contribution in [0.3, 0.4) is 0 Å². The number of thiophene rings is 1. The van der Waals surface area contributed by atoms with E-state index >= 15 is 0 Å². The van der Waals surface area contributed by atoms with Gasteiger partial charge in [-0.2, -0.15) is 0 Å². The topological polar surface area (TPSA) is 12.0 Å². The second kappa shape index (κ2) is 5.29. The van der Waals surface area contributed by atoms with Crippen molar-refractivity contribution < 1.29 is 0 Å². The van der Waals surface area contributed by atoms with Crippen molar-refractivity contribution in [2.24, 2.45) is 5.92 Å². The molecule has 1 aromatic heterocycles. The third-order valence-electron chi connectivity index (χ3n) is 2.51. The molecule has 0 radical (unpaired) electrons. The van der Waals surface area contributed by atoms with E-state index in [1.54, 1.807) is 0 Å². The Hall–Kier alpha value is 0.140. The van der Waals surface area contributed by atoms with Gasteiger partial charge in [0.05, 0.1) is 3.79 Å². The first-order chi connectivity index (χ1) is 6.50. The van der Waals surface area contributed by atoms with E-state index in [1.807, 2.05) is 11.3 Å². The lowest BCUT2D eigenvalue weighted by molar-refractivity contribution is 0.427. The molecular weight excluding hydrogens is 258 g/mol. The first-order valence-corrected chi connectivity index (χ1v) is 6.60. The largest absolute Gasteiger partial charge is 0.309 e. The first kappa shape index (κ1) is 12.2. The monoisotopic (exact) mass is 275 g/mol. The maximum absolute atomic E-state index is 3.54. The van der Waals surface area contributed by atoms with Crippen molar-refractivity contribution in [2.75, 3.05) is 0 Å². The predicted molar refractivity (Wildman–Crippen MR) is 67.9 cm³/mol. The molecule has 0 amide bonds. The van der Waals surface area contributed by atoms with Gasteiger partial charge in [0.2, 0.25) is 0 Å². The van der Waals surface area contributed by atoms with Gasteiger partial charge in [0.1, 0.15) is 0 Å². The van der Waals surface area contributed by atoms with Gasteiger partial charge in [-0.1, -0.05) is 13.8 Å². The number of nitrogens with one attached hydrogen (secondary N) is 1. The van der Waals surface area contributed by atoms with E-state index in [-0.39, 0.29) is 0 Å². The van der Waals surface area contributed by atoms with Gasteiger partial charge in [-0.3, -0.25) is 0 Å². The van der Waals surface area contributed by atoms with Crippen LogP contribution in [0, 0.1) is 12.8 Å². The number of hydrogen-bond donors (Lipinski definition) is 1. The normalized spacial score (nSPS) is 13.6. The summed E-state index contributed by atoms with van der Waals surface area (Å²) in [6.07, 6.45) is 0. The van der Waals surface area contributed by atoms with E-state index in [1.165, 1.54) is 14.2 Å². The van der Waals surface area contributed by atoms with E-state index < -0.39 is 0 Å². The lowest BCUT2D eigenvalue weighted by Gasteiger charge is -2.16. The number of aryl methyl sites for hydroxylation is 1. The molecule has 1 N–H and O–H groups in total. The Morgan fingerprint density at radius 1 is 1.43 bits per heavy atom. The van der Waals surface area contributed by atoms with Crippen molar-refractivity contribution in [2.45, 2.75) is 40.3 Å². The highest BCUT2D eigenvalue weighted by Gasteiger charge is 2.07. The molecule has 1 aromatic rings. The standard InChI is InChI=1S/C11H18BrNS/c1-7(2)9(4)13-6-10-5-8(3)11(12)14-10/h5,7,9,13H,6H2,1-4H3. The number of rotatable bonds is 4. The van der Waals surface area contributed by atoms with Crippen molar-refractivity contribution in [1.82, 2.24) is 5.32 Å². The minimum Gasteiger partial charge on any atom is -0.309 e. The summed E-state index contributed by atoms with van der Waals surface area (Å²) in [7, 11) is 0. The van der Waals surface area contributed by atoms with Crippen LogP contribution in [0.15, 0.2) is 9.85 Å². The minimum atomic E-state index is 0.580. The summed E-state index contributed by atoms with van der Waals surface area (Å²) in [5.74, 6) is 0.694. The van der Waals surface area contributed by atoms with Crippen LogP contribution in [-0.2, 0) is 6.54 Å². The van der Waals surface area contributed by atoms with Gasteiger partial charge in [0.15, 0.2) is 0 Å². The molecule has 1 nitrogen and oxygen atoms in total. The molecule has 0 fully saturated rings. The maximum Gasteiger partial charge on any atom is 0.0730 e. The molecule has 0 aliphatic carbocycles. The lowest BCUT2D eigenvalue weighted by atomic mass is 10.1. The quantitative estimate of drug-likeness (QED) is 0.878. The zero-order valence-corrected chi connectivity index (χ0v) is 11.6. The molecule has 3 heteroatoms. The Morgan fingerprint density at radius 3 is 2.50 bits per heavy atom. The second-order valence-electron chi connectivity index (χ2n) is 4.08. The van der Waals surface area contributed by atoms with Crippen molar-refractivity contribution >= 4 is 27.3 Å². The van der Waals surface area contributed by atoms with Crippen molar-refractivity contribution in [3.8, 4) is 0 Å². The summed E-state index contributed by atoms with van der Waals surface area (Å²) in [5, 5.41) is 3.53. The van der Waals surface area contributed by atoms with Gasteiger partial charge in [-0.15, -0.1) is 11.3 Å². The maximum atomic E-state index is 3.54. The molecule has 0 saturated carbocycles. The fourth-order valence-electron chi connectivity index (χ4n) is 1.11. The molecule has 0 spiro atoms. The molecule has 14 heavy (non-hydrogen) atoms. The Balaban J connectivity index is 2.46. The van der Waals surface area contributed by atoms with Crippen LogP contribution < -0.4 is 5.32 Å². The van der Waals surface area contributed by atoms with Gasteiger partial charge >= 0.3 is 0 Å². The summed E-state index contributed by atoms with van der Waals surface area (Å²) in [6, 6.07) is 2.82. The van der Waals surface area contributed by atoms with E-state index in [2.05, 4.69) is 55.0 Å². The Bertz CT molecular complexity index is 274. The zero-order chi connectivity index (χ0) is 10.7. The smallest absolute Gasteiger partial charge is 0.0730 e. The molecule has 1 heterocycles. The molecule has 0 saturated heterocycles. The fourth-order valence-corrected chi connectivity index (χ4v) is 2.69. The van der Waals surface area contributed by atoms with E-state index in [4.69, 9.17) is 0 Å². The third kappa shape index (κ3) is 3.37. The van der Waals surface area contributed by atoms with E-state index in [9.17, 15) is 0 Å². The average Bonchev–Trinajstić information content (AvgIpc) is 2.42. The zero-order valence-electron chi connectivity index (χ0n) is 9.23. The highest BCUT2D eigenvalue weighted by molar-refractivity contribution is 9.11. The van der Waals surface area contributed by atoms with Crippen LogP contribution in [0.4, 0.5) is 0 Å². The van der Waals surface area contributed by atoms with Gasteiger partial charge in [-0.25, -0.2) is 0 Å². The molecule has 0 bridgehead atoms. The van der Waals surface area contributed by atoms with Crippen LogP contribution in [0.1, 0.15) is 31.2 Å². The summed E-state index contributed by atoms with van der Waals surface area (Å²) >= 11 is 5.36. The molecule has 0 aliphatic rings. The molecule has 1 unspecified atom stereocenters. The van der Waals surface area contributed by atoms with E-state index in [0.29, 0.717) is 12.0 Å². The average molecular weight is 276 g/mol. The van der Waals surface area contributed by atoms with Crippen LogP contribution in [0.2, 0.25) is 0 Å². The summed E-state index contributed by atoms with van der Waals surface area (Å²) in [4.78, 5) is 1.40. The van der Waals surface area contributed by atoms with Crippen LogP contribution in [0.5, 0.6) is 0 Å². The van der Waals surface area contributed by atoms with Crippen molar-refractivity contribution in [3.63, 3.8) is 0 Å². The number of hydrogen-bond acceptors (Lipinski definition) is 2. The Kier molecular flexibility index (Phi) is 4.61. The van der Waals surface area contributed by atoms with Crippen LogP contribution in [-0.4, -0.2) is 6.04 Å². The summed E-state index contributed by atoms with van der Waals surface area (Å²) < 4.78 is 1.26. The lowest BCUT2D eigenvalue weighted by Crippen LogP contribution is -2.29. The van der Waals surface area contributed by atoms with Gasteiger partial charge in [-0.05, 0) is 47.3 Å². The molecule has 0 aliphatic heterocycles. The third-order valence-corrected chi connectivity index (χ3v) is 4.64. The highest BCUT2D eigenvalue weighted by Crippen LogP contribution is 2.27. The molecule has 1 atom stereocenters. The Labute approximate surface area is 99.0 Å². The highest BCUT2D eigenvalue weighted by atomic mass is 79.9. The van der Waals surface area contributed by atoms with Crippen molar-refractivity contribution in [1.29, 1.82) is 0 Å². The Morgan fingerprint density at radius 2 is 2.07 bits per heavy atom. The second-order valence-corrected chi connectivity index (χ2v) is 6.54. The van der Waals surface area contributed by atoms with Crippen LogP contribution in [0.25, 0.3) is 0 Å². The van der Waals surface area contributed by atoms with Gasteiger partial charge in [0, 0.05) is 17.5 Å². The summed E-state index contributed by atoms with van der Waals surface area (Å²) in [6.45, 7) is 9.84. The van der Waals surface area contributed by atoms with Gasteiger partial charge in [0.25, 0.3) is 0 Å². The predicted octanol–water partition coefficient (Wildman–Crippen LogP) is 3.95. The number of halogens is 1. The molecule has 0 aromatic carbocycles. The van der Waals surface area contributed by atoms with Crippen molar-refractivity contribution in [3.05, 3.63) is 20.3 Å². The van der Waals surface area contributed by atoms with Gasteiger partial charge < -0.3 is 5.32 Å². The first-order valence-electron chi connectivity index (χ1n) is 4.99. The fraction of sp³-hybridized carbons (Fsp3) is 0.636. The SMILES string of the molecule is Cc1cc(CNC(C)C(C)C)sc1Br. The molecule has 1 rings (SSSR count). The minimum absolute atomic E-state index is 0.580. The molecule has 80 valence electrons. The summed E-state index contributed by atoms with van der Waals surface area (Å²) in [5.41, 5.74) is 1.34. The van der Waals surface area contributed by atoms with E-state index in [0.717, 1.165) is 6.54 Å². The molecular formula is C11H18BrNS. The van der Waals surface area contributed by atoms with Crippen LogP contribution >= 0.6 is 27.3 Å².